The van der Waals surface area contributed by atoms with Crippen molar-refractivity contribution in [3.8, 4) is 11.4 Å². The second-order valence-corrected chi connectivity index (χ2v) is 8.14. The summed E-state index contributed by atoms with van der Waals surface area (Å²) in [5.41, 5.74) is 2.18. The smallest absolute Gasteiger partial charge is 0.199 e. The highest BCUT2D eigenvalue weighted by Crippen LogP contribution is 2.22. The van der Waals surface area contributed by atoms with Crippen molar-refractivity contribution in [2.24, 2.45) is 7.05 Å². The summed E-state index contributed by atoms with van der Waals surface area (Å²) in [5, 5.41) is 6.23. The van der Waals surface area contributed by atoms with E-state index in [1.165, 1.54) is 5.69 Å². The summed E-state index contributed by atoms with van der Waals surface area (Å²) in [4.78, 5) is 4.73. The quantitative estimate of drug-likeness (QED) is 0.557. The second-order valence-electron chi connectivity index (χ2n) is 6.90. The van der Waals surface area contributed by atoms with E-state index in [0.29, 0.717) is 16.5 Å². The van der Waals surface area contributed by atoms with Gasteiger partial charge in [-0.25, -0.2) is 4.68 Å². The molecule has 1 aromatic heterocycles. The van der Waals surface area contributed by atoms with Crippen LogP contribution in [0.2, 0.25) is 10.0 Å². The molecule has 1 fully saturated rings. The number of rotatable bonds is 4. The lowest BCUT2D eigenvalue weighted by Gasteiger charge is -2.35. The molecule has 4 rings (SSSR count). The molecule has 8 heteroatoms. The van der Waals surface area contributed by atoms with Gasteiger partial charge in [0.1, 0.15) is 0 Å². The monoisotopic (exact) mass is 433 g/mol. The van der Waals surface area contributed by atoms with Crippen LogP contribution in [0.5, 0.6) is 0 Å². The van der Waals surface area contributed by atoms with E-state index in [9.17, 15) is 0 Å². The number of piperazine rings is 1. The van der Waals surface area contributed by atoms with Crippen LogP contribution in [0, 0.1) is 4.77 Å². The Morgan fingerprint density at radius 1 is 0.964 bits per heavy atom. The molecule has 146 valence electrons. The fourth-order valence-electron chi connectivity index (χ4n) is 3.44. The molecular weight excluding hydrogens is 413 g/mol. The van der Waals surface area contributed by atoms with Gasteiger partial charge in [-0.05, 0) is 54.7 Å². The predicted molar refractivity (Wildman–Crippen MR) is 118 cm³/mol. The van der Waals surface area contributed by atoms with E-state index in [0.717, 1.165) is 42.6 Å². The minimum absolute atomic E-state index is 0.684. The number of nitrogens with zero attached hydrogens (tertiary/aromatic N) is 5. The van der Waals surface area contributed by atoms with Crippen LogP contribution in [0.15, 0.2) is 48.5 Å². The normalized spacial score (nSPS) is 15.2. The zero-order valence-corrected chi connectivity index (χ0v) is 17.9. The Bertz CT molecular complexity index is 1020. The number of benzene rings is 2. The van der Waals surface area contributed by atoms with Gasteiger partial charge in [0.05, 0.1) is 6.67 Å². The number of halogens is 2. The molecule has 2 heterocycles. The molecule has 0 spiro atoms. The van der Waals surface area contributed by atoms with E-state index in [4.69, 9.17) is 40.5 Å². The molecule has 0 radical (unpaired) electrons. The molecule has 28 heavy (non-hydrogen) atoms. The Morgan fingerprint density at radius 2 is 1.68 bits per heavy atom. The highest BCUT2D eigenvalue weighted by atomic mass is 35.5. The van der Waals surface area contributed by atoms with Gasteiger partial charge in [0.25, 0.3) is 0 Å². The fourth-order valence-corrected chi connectivity index (χ4v) is 3.94. The Balaban J connectivity index is 1.45. The SMILES string of the molecule is Cn1c(-c2ccc(Cl)cc2)nn(CN2CCN(c3cccc(Cl)c3)CC2)c1=S. The lowest BCUT2D eigenvalue weighted by molar-refractivity contribution is 0.194. The molecule has 2 aromatic carbocycles. The molecule has 0 aliphatic carbocycles. The number of anilines is 1. The van der Waals surface area contributed by atoms with Crippen molar-refractivity contribution in [2.45, 2.75) is 6.67 Å². The van der Waals surface area contributed by atoms with Gasteiger partial charge >= 0.3 is 0 Å². The fraction of sp³-hybridized carbons (Fsp3) is 0.300. The summed E-state index contributed by atoms with van der Waals surface area (Å²) in [6.07, 6.45) is 0. The summed E-state index contributed by atoms with van der Waals surface area (Å²) < 4.78 is 4.55. The first-order valence-corrected chi connectivity index (χ1v) is 10.3. The highest BCUT2D eigenvalue weighted by Gasteiger charge is 2.19. The van der Waals surface area contributed by atoms with Crippen molar-refractivity contribution >= 4 is 41.1 Å². The third kappa shape index (κ3) is 4.10. The van der Waals surface area contributed by atoms with Crippen LogP contribution in [0.3, 0.4) is 0 Å². The molecule has 0 saturated carbocycles. The summed E-state index contributed by atoms with van der Waals surface area (Å²) >= 11 is 17.7. The Kier molecular flexibility index (Phi) is 5.73. The van der Waals surface area contributed by atoms with E-state index < -0.39 is 0 Å². The summed E-state index contributed by atoms with van der Waals surface area (Å²) in [6, 6.07) is 15.7. The van der Waals surface area contributed by atoms with Crippen LogP contribution in [0.4, 0.5) is 5.69 Å². The lowest BCUT2D eigenvalue weighted by Crippen LogP contribution is -2.47. The molecule has 0 N–H and O–H groups in total. The van der Waals surface area contributed by atoms with Crippen LogP contribution in [-0.2, 0) is 13.7 Å². The van der Waals surface area contributed by atoms with E-state index in [1.807, 2.05) is 58.8 Å². The van der Waals surface area contributed by atoms with Crippen LogP contribution in [-0.4, -0.2) is 45.4 Å². The Labute approximate surface area is 179 Å². The van der Waals surface area contributed by atoms with Crippen LogP contribution >= 0.6 is 35.4 Å². The van der Waals surface area contributed by atoms with Crippen molar-refractivity contribution in [1.29, 1.82) is 0 Å². The molecule has 1 saturated heterocycles. The maximum absolute atomic E-state index is 6.12. The van der Waals surface area contributed by atoms with Gasteiger partial charge in [0.15, 0.2) is 10.6 Å². The maximum Gasteiger partial charge on any atom is 0.199 e. The molecule has 0 atom stereocenters. The number of hydrogen-bond donors (Lipinski definition) is 0. The molecule has 0 unspecified atom stereocenters. The zero-order valence-electron chi connectivity index (χ0n) is 15.6. The van der Waals surface area contributed by atoms with Crippen molar-refractivity contribution in [3.05, 3.63) is 63.3 Å². The molecule has 1 aliphatic heterocycles. The first-order valence-electron chi connectivity index (χ1n) is 9.14. The molecule has 1 aliphatic rings. The van der Waals surface area contributed by atoms with Crippen LogP contribution in [0.1, 0.15) is 0 Å². The minimum atomic E-state index is 0.684. The average molecular weight is 434 g/mol. The van der Waals surface area contributed by atoms with Gasteiger partial charge in [-0.3, -0.25) is 4.90 Å². The summed E-state index contributed by atoms with van der Waals surface area (Å²) in [5.74, 6) is 0.847. The van der Waals surface area contributed by atoms with Gasteiger partial charge < -0.3 is 9.47 Å². The Morgan fingerprint density at radius 3 is 2.36 bits per heavy atom. The lowest BCUT2D eigenvalue weighted by atomic mass is 10.2. The van der Waals surface area contributed by atoms with Crippen LogP contribution in [0.25, 0.3) is 11.4 Å². The van der Waals surface area contributed by atoms with Crippen molar-refractivity contribution in [2.75, 3.05) is 31.1 Å². The van der Waals surface area contributed by atoms with Gasteiger partial charge in [-0.15, -0.1) is 0 Å². The van der Waals surface area contributed by atoms with Gasteiger partial charge in [0, 0.05) is 54.5 Å². The van der Waals surface area contributed by atoms with Crippen molar-refractivity contribution < 1.29 is 0 Å². The minimum Gasteiger partial charge on any atom is -0.369 e. The third-order valence-corrected chi connectivity index (χ3v) is 5.99. The third-order valence-electron chi connectivity index (χ3n) is 5.02. The van der Waals surface area contributed by atoms with Gasteiger partial charge in [-0.1, -0.05) is 29.3 Å². The van der Waals surface area contributed by atoms with E-state index in [1.54, 1.807) is 0 Å². The van der Waals surface area contributed by atoms with Crippen LogP contribution < -0.4 is 4.90 Å². The predicted octanol–water partition coefficient (Wildman–Crippen LogP) is 4.70. The first kappa shape index (κ1) is 19.5. The molecular formula is C20H21Cl2N5S. The van der Waals surface area contributed by atoms with Crippen molar-refractivity contribution in [1.82, 2.24) is 19.2 Å². The summed E-state index contributed by atoms with van der Waals surface area (Å²) in [6.45, 7) is 4.47. The standard InChI is InChI=1S/C20H21Cl2N5S/c1-24-19(15-5-7-16(21)8-6-15)23-27(20(24)28)14-25-9-11-26(12-10-25)18-4-2-3-17(22)13-18/h2-8,13H,9-12,14H2,1H3. The van der Waals surface area contributed by atoms with Gasteiger partial charge in [-0.2, -0.15) is 5.10 Å². The number of aromatic nitrogens is 3. The molecule has 0 amide bonds. The Hall–Kier alpha value is -1.86. The average Bonchev–Trinajstić information content (AvgIpc) is 2.98. The zero-order chi connectivity index (χ0) is 19.7. The largest absolute Gasteiger partial charge is 0.369 e. The van der Waals surface area contributed by atoms with Gasteiger partial charge in [0.2, 0.25) is 0 Å². The van der Waals surface area contributed by atoms with E-state index >= 15 is 0 Å². The van der Waals surface area contributed by atoms with E-state index in [-0.39, 0.29) is 0 Å². The molecule has 0 bridgehead atoms. The number of hydrogen-bond acceptors (Lipinski definition) is 4. The molecule has 5 nitrogen and oxygen atoms in total. The summed E-state index contributed by atoms with van der Waals surface area (Å²) in [7, 11) is 1.95. The highest BCUT2D eigenvalue weighted by molar-refractivity contribution is 7.71. The van der Waals surface area contributed by atoms with E-state index in [2.05, 4.69) is 15.9 Å². The second kappa shape index (κ2) is 8.25. The van der Waals surface area contributed by atoms with Crippen molar-refractivity contribution in [3.63, 3.8) is 0 Å². The topological polar surface area (TPSA) is 29.2 Å². The maximum atomic E-state index is 6.12. The first-order chi connectivity index (χ1) is 13.5. The molecule has 3 aromatic rings.